The molecule has 4 aliphatic rings. The second-order valence-corrected chi connectivity index (χ2v) is 14.0. The summed E-state index contributed by atoms with van der Waals surface area (Å²) in [5, 5.41) is 7.83. The maximum atomic E-state index is 14.6. The van der Waals surface area contributed by atoms with Crippen LogP contribution in [-0.2, 0) is 46.3 Å². The van der Waals surface area contributed by atoms with Crippen LogP contribution in [0.15, 0.2) is 36.4 Å². The van der Waals surface area contributed by atoms with Crippen molar-refractivity contribution in [2.75, 3.05) is 43.4 Å². The summed E-state index contributed by atoms with van der Waals surface area (Å²) in [6.07, 6.45) is 0.682. The molecule has 5 amide bonds. The average Bonchev–Trinajstić information content (AvgIpc) is 3.33. The Hall–Kier alpha value is -4.70. The Morgan fingerprint density at radius 1 is 0.979 bits per heavy atom. The second kappa shape index (κ2) is 12.8. The van der Waals surface area contributed by atoms with Gasteiger partial charge < -0.3 is 20.4 Å². The Balaban J connectivity index is 1.00. The molecule has 0 aliphatic carbocycles. The van der Waals surface area contributed by atoms with Gasteiger partial charge in [-0.15, -0.1) is 0 Å². The van der Waals surface area contributed by atoms with E-state index in [1.807, 2.05) is 0 Å². The molecule has 0 bridgehead atoms. The van der Waals surface area contributed by atoms with Gasteiger partial charge in [-0.2, -0.15) is 0 Å². The molecule has 14 nitrogen and oxygen atoms in total. The Bertz CT molecular complexity index is 1780. The molecule has 3 saturated heterocycles. The third kappa shape index (κ3) is 6.74. The van der Waals surface area contributed by atoms with Gasteiger partial charge in [0.15, 0.2) is 0 Å². The van der Waals surface area contributed by atoms with Crippen LogP contribution in [0.3, 0.4) is 0 Å². The number of carbonyl (C=O) groups excluding carboxylic acids is 6. The lowest BCUT2D eigenvalue weighted by Gasteiger charge is -2.38. The molecule has 2 aromatic rings. The number of hydrogen-bond donors (Lipinski definition) is 3. The van der Waals surface area contributed by atoms with Crippen molar-refractivity contribution in [2.24, 2.45) is 5.92 Å². The molecule has 0 saturated carbocycles. The summed E-state index contributed by atoms with van der Waals surface area (Å²) in [5.74, 6) is -3.75. The van der Waals surface area contributed by atoms with E-state index in [0.29, 0.717) is 16.8 Å². The quantitative estimate of drug-likeness (QED) is 0.322. The van der Waals surface area contributed by atoms with E-state index in [4.69, 9.17) is 0 Å². The van der Waals surface area contributed by atoms with Gasteiger partial charge in [-0.3, -0.25) is 34.1 Å². The lowest BCUT2D eigenvalue weighted by atomic mass is 9.98. The molecule has 0 aromatic heterocycles. The summed E-state index contributed by atoms with van der Waals surface area (Å²) in [5.41, 5.74) is 1.72. The van der Waals surface area contributed by atoms with Gasteiger partial charge in [0.25, 0.3) is 5.91 Å². The zero-order chi connectivity index (χ0) is 33.5. The lowest BCUT2D eigenvalue weighted by molar-refractivity contribution is -0.140. The van der Waals surface area contributed by atoms with E-state index in [1.165, 1.54) is 26.2 Å². The zero-order valence-corrected chi connectivity index (χ0v) is 26.1. The number of nitrogens with zero attached hydrogens (tertiary/aromatic N) is 3. The molecule has 0 radical (unpaired) electrons. The number of Topliss-reactive ketones (excluding diaryl/α,β-unsaturated/α-hetero) is 1. The number of imide groups is 1. The van der Waals surface area contributed by atoms with Crippen LogP contribution in [-0.4, -0.2) is 96.6 Å². The molecular formula is C31H33FN6O8S. The number of carbonyl (C=O) groups is 6. The number of piperidine rings is 2. The van der Waals surface area contributed by atoms with Gasteiger partial charge in [-0.25, -0.2) is 17.1 Å². The topological polar surface area (TPSA) is 182 Å². The minimum Gasteiger partial charge on any atom is -0.376 e. The molecule has 16 heteroatoms. The van der Waals surface area contributed by atoms with E-state index in [0.717, 1.165) is 6.07 Å². The van der Waals surface area contributed by atoms with Crippen LogP contribution in [0, 0.1) is 11.7 Å². The van der Waals surface area contributed by atoms with Crippen molar-refractivity contribution in [1.82, 2.24) is 19.4 Å². The number of benzene rings is 2. The SMILES string of the molecule is O=C1CCN(S(=O)(=O)Cc2ccc(F)c(NC(=O)C3CN(C(=O)CNc4cccc5c4CN(C4CCC(=O)NC4=O)C5=O)C3)c2)CC1. The van der Waals surface area contributed by atoms with E-state index in [-0.39, 0.29) is 99.7 Å². The number of sulfonamides is 1. The number of halogens is 1. The number of anilines is 2. The molecule has 6 rings (SSSR count). The highest BCUT2D eigenvalue weighted by atomic mass is 32.2. The summed E-state index contributed by atoms with van der Waals surface area (Å²) in [6.45, 7) is 0.443. The molecule has 3 N–H and O–H groups in total. The van der Waals surface area contributed by atoms with Crippen molar-refractivity contribution in [3.8, 4) is 0 Å². The maximum Gasteiger partial charge on any atom is 0.255 e. The number of nitrogens with one attached hydrogen (secondary N) is 3. The normalized spacial score (nSPS) is 20.5. The van der Waals surface area contributed by atoms with Crippen molar-refractivity contribution in [3.63, 3.8) is 0 Å². The fourth-order valence-electron chi connectivity index (χ4n) is 6.19. The van der Waals surface area contributed by atoms with Crippen LogP contribution < -0.4 is 16.0 Å². The Morgan fingerprint density at radius 2 is 1.72 bits per heavy atom. The average molecular weight is 669 g/mol. The lowest BCUT2D eigenvalue weighted by Crippen LogP contribution is -2.55. The molecule has 47 heavy (non-hydrogen) atoms. The first-order valence-electron chi connectivity index (χ1n) is 15.3. The smallest absolute Gasteiger partial charge is 0.255 e. The first kappa shape index (κ1) is 32.2. The number of fused-ring (bicyclic) bond motifs is 1. The van der Waals surface area contributed by atoms with E-state index in [1.54, 1.807) is 18.2 Å². The molecule has 248 valence electrons. The standard InChI is InChI=1S/C31H33FN6O8S/c32-23-5-4-18(17-47(45,46)37-10-8-20(39)9-11-37)12-25(23)34-29(42)19-14-36(15-19)28(41)13-33-24-3-1-2-21-22(24)16-38(31(21)44)26-6-7-27(40)35-30(26)43/h1-5,12,19,26,33H,6-11,13-17H2,(H,34,42)(H,35,40,43). The van der Waals surface area contributed by atoms with Gasteiger partial charge >= 0.3 is 0 Å². The number of ketones is 1. The van der Waals surface area contributed by atoms with E-state index < -0.39 is 45.4 Å². The number of amides is 5. The highest BCUT2D eigenvalue weighted by Gasteiger charge is 2.40. The molecular weight excluding hydrogens is 635 g/mol. The Morgan fingerprint density at radius 3 is 2.45 bits per heavy atom. The fourth-order valence-corrected chi connectivity index (χ4v) is 7.71. The predicted octanol–water partition coefficient (Wildman–Crippen LogP) is 0.590. The third-order valence-electron chi connectivity index (χ3n) is 8.93. The van der Waals surface area contributed by atoms with Crippen LogP contribution in [0.2, 0.25) is 0 Å². The van der Waals surface area contributed by atoms with Crippen LogP contribution in [0.1, 0.15) is 47.2 Å². The second-order valence-electron chi connectivity index (χ2n) is 12.1. The third-order valence-corrected chi connectivity index (χ3v) is 10.8. The Kier molecular flexibility index (Phi) is 8.80. The first-order chi connectivity index (χ1) is 22.4. The largest absolute Gasteiger partial charge is 0.376 e. The van der Waals surface area contributed by atoms with Crippen molar-refractivity contribution in [1.29, 1.82) is 0 Å². The van der Waals surface area contributed by atoms with Gasteiger partial charge in [0, 0.05) is 68.8 Å². The molecule has 2 aromatic carbocycles. The number of likely N-dealkylation sites (tertiary alicyclic amines) is 1. The van der Waals surface area contributed by atoms with Crippen LogP contribution in [0.4, 0.5) is 15.8 Å². The summed E-state index contributed by atoms with van der Waals surface area (Å²) >= 11 is 0. The number of hydrogen-bond acceptors (Lipinski definition) is 9. The monoisotopic (exact) mass is 668 g/mol. The summed E-state index contributed by atoms with van der Waals surface area (Å²) in [4.78, 5) is 77.0. The van der Waals surface area contributed by atoms with Crippen molar-refractivity contribution < 1.29 is 41.6 Å². The van der Waals surface area contributed by atoms with Crippen LogP contribution in [0.5, 0.6) is 0 Å². The molecule has 1 atom stereocenters. The first-order valence-corrected chi connectivity index (χ1v) is 16.9. The minimum atomic E-state index is -3.74. The molecule has 4 aliphatic heterocycles. The van der Waals surface area contributed by atoms with Gasteiger partial charge in [-0.05, 0) is 36.2 Å². The molecule has 0 spiro atoms. The highest BCUT2D eigenvalue weighted by molar-refractivity contribution is 7.88. The minimum absolute atomic E-state index is 0.00731. The molecule has 1 unspecified atom stereocenters. The Labute approximate surface area is 269 Å². The van der Waals surface area contributed by atoms with Gasteiger partial charge in [0.1, 0.15) is 17.6 Å². The molecule has 4 heterocycles. The molecule has 3 fully saturated rings. The summed E-state index contributed by atoms with van der Waals surface area (Å²) in [6, 6.07) is 7.96. The zero-order valence-electron chi connectivity index (χ0n) is 25.3. The summed E-state index contributed by atoms with van der Waals surface area (Å²) in [7, 11) is -3.74. The summed E-state index contributed by atoms with van der Waals surface area (Å²) < 4.78 is 41.4. The highest BCUT2D eigenvalue weighted by Crippen LogP contribution is 2.32. The van der Waals surface area contributed by atoms with E-state index >= 15 is 0 Å². The van der Waals surface area contributed by atoms with E-state index in [9.17, 15) is 41.6 Å². The van der Waals surface area contributed by atoms with E-state index in [2.05, 4.69) is 16.0 Å². The fraction of sp³-hybridized carbons (Fsp3) is 0.419. The van der Waals surface area contributed by atoms with Gasteiger partial charge in [0.05, 0.1) is 23.9 Å². The van der Waals surface area contributed by atoms with Crippen molar-refractivity contribution >= 4 is 56.7 Å². The van der Waals surface area contributed by atoms with Gasteiger partial charge in [0.2, 0.25) is 33.7 Å². The van der Waals surface area contributed by atoms with Crippen molar-refractivity contribution in [3.05, 3.63) is 58.9 Å². The number of rotatable bonds is 9. The maximum absolute atomic E-state index is 14.6. The van der Waals surface area contributed by atoms with Crippen molar-refractivity contribution in [2.45, 2.75) is 44.0 Å². The van der Waals surface area contributed by atoms with Crippen LogP contribution >= 0.6 is 0 Å². The van der Waals surface area contributed by atoms with Crippen LogP contribution in [0.25, 0.3) is 0 Å². The van der Waals surface area contributed by atoms with Gasteiger partial charge in [-0.1, -0.05) is 12.1 Å². The predicted molar refractivity (Wildman–Crippen MR) is 165 cm³/mol.